The average Bonchev–Trinajstić information content (AvgIpc) is 2.73. The van der Waals surface area contributed by atoms with Crippen molar-refractivity contribution in [2.45, 2.75) is 52.2 Å². The number of ether oxygens (including phenoxy) is 2. The second kappa shape index (κ2) is 8.10. The molecule has 0 aliphatic carbocycles. The van der Waals surface area contributed by atoms with E-state index in [1.807, 2.05) is 51.1 Å². The molecule has 2 heterocycles. The summed E-state index contributed by atoms with van der Waals surface area (Å²) in [5.41, 5.74) is 2.86. The van der Waals surface area contributed by atoms with Crippen molar-refractivity contribution in [3.8, 4) is 11.5 Å². The Balaban J connectivity index is 1.58. The van der Waals surface area contributed by atoms with Crippen molar-refractivity contribution in [2.75, 3.05) is 7.11 Å². The maximum Gasteiger partial charge on any atom is 0.340 e. The van der Waals surface area contributed by atoms with Crippen molar-refractivity contribution in [2.24, 2.45) is 0 Å². The van der Waals surface area contributed by atoms with Gasteiger partial charge >= 0.3 is 5.63 Å². The minimum atomic E-state index is -0.493. The maximum atomic E-state index is 12.7. The van der Waals surface area contributed by atoms with E-state index in [0.717, 1.165) is 40.7 Å². The monoisotopic (exact) mass is 421 g/mol. The number of aryl methyl sites for hydroxylation is 2. The lowest BCUT2D eigenvalue weighted by Gasteiger charge is -2.32. The summed E-state index contributed by atoms with van der Waals surface area (Å²) in [5.74, 6) is 1.22. The second-order valence-corrected chi connectivity index (χ2v) is 8.58. The molecule has 0 radical (unpaired) electrons. The molecule has 0 unspecified atom stereocenters. The molecule has 162 valence electrons. The smallest absolute Gasteiger partial charge is 0.340 e. The van der Waals surface area contributed by atoms with Crippen LogP contribution in [0.15, 0.2) is 45.6 Å². The van der Waals surface area contributed by atoms with E-state index in [-0.39, 0.29) is 17.9 Å². The Hall–Kier alpha value is -3.28. The van der Waals surface area contributed by atoms with Gasteiger partial charge in [0.2, 0.25) is 5.91 Å². The van der Waals surface area contributed by atoms with Crippen LogP contribution in [0.2, 0.25) is 0 Å². The standard InChI is InChI=1S/C25H27NO5/c1-15-18-11-16-9-10-25(2,3)31-21(16)13-22(18)30-24(28)19(15)12-23(27)26-14-17-7-5-6-8-20(17)29-4/h5-8,11,13H,9-10,12,14H2,1-4H3,(H,26,27). The number of amides is 1. The summed E-state index contributed by atoms with van der Waals surface area (Å²) in [6.07, 6.45) is 1.77. The second-order valence-electron chi connectivity index (χ2n) is 8.58. The van der Waals surface area contributed by atoms with Crippen molar-refractivity contribution in [3.63, 3.8) is 0 Å². The van der Waals surface area contributed by atoms with Crippen LogP contribution in [0.1, 0.15) is 42.5 Å². The molecule has 6 heteroatoms. The predicted molar refractivity (Wildman–Crippen MR) is 119 cm³/mol. The number of fused-ring (bicyclic) bond motifs is 2. The van der Waals surface area contributed by atoms with Crippen LogP contribution < -0.4 is 20.4 Å². The molecule has 31 heavy (non-hydrogen) atoms. The number of carbonyl (C=O) groups excluding carboxylic acids is 1. The van der Waals surface area contributed by atoms with Crippen LogP contribution in [-0.4, -0.2) is 18.6 Å². The Kier molecular flexibility index (Phi) is 5.48. The van der Waals surface area contributed by atoms with Crippen LogP contribution >= 0.6 is 0 Å². The molecule has 2 aromatic carbocycles. The normalized spacial score (nSPS) is 14.6. The van der Waals surface area contributed by atoms with Gasteiger partial charge in [-0.05, 0) is 56.9 Å². The van der Waals surface area contributed by atoms with Crippen molar-refractivity contribution < 1.29 is 18.7 Å². The minimum Gasteiger partial charge on any atom is -0.496 e. The first-order valence-electron chi connectivity index (χ1n) is 10.4. The van der Waals surface area contributed by atoms with E-state index in [1.54, 1.807) is 13.2 Å². The fourth-order valence-corrected chi connectivity index (χ4v) is 4.01. The van der Waals surface area contributed by atoms with Gasteiger partial charge in [0.1, 0.15) is 22.7 Å². The largest absolute Gasteiger partial charge is 0.496 e. The van der Waals surface area contributed by atoms with Crippen LogP contribution in [0.3, 0.4) is 0 Å². The summed E-state index contributed by atoms with van der Waals surface area (Å²) >= 11 is 0. The minimum absolute atomic E-state index is 0.0418. The van der Waals surface area contributed by atoms with Crippen LogP contribution in [0, 0.1) is 6.92 Å². The van der Waals surface area contributed by atoms with Crippen LogP contribution in [0.25, 0.3) is 11.0 Å². The highest BCUT2D eigenvalue weighted by Crippen LogP contribution is 2.36. The molecule has 4 rings (SSSR count). The zero-order valence-corrected chi connectivity index (χ0v) is 18.3. The number of methoxy groups -OCH3 is 1. The zero-order chi connectivity index (χ0) is 22.2. The Labute approximate surface area is 181 Å². The van der Waals surface area contributed by atoms with Crippen molar-refractivity contribution in [3.05, 3.63) is 69.1 Å². The van der Waals surface area contributed by atoms with Gasteiger partial charge in [-0.2, -0.15) is 0 Å². The highest BCUT2D eigenvalue weighted by molar-refractivity contribution is 5.86. The van der Waals surface area contributed by atoms with Crippen LogP contribution in [0.4, 0.5) is 0 Å². The molecule has 0 atom stereocenters. The van der Waals surface area contributed by atoms with Gasteiger partial charge in [-0.25, -0.2) is 4.79 Å². The van der Waals surface area contributed by atoms with Gasteiger partial charge in [-0.15, -0.1) is 0 Å². The third-order valence-corrected chi connectivity index (χ3v) is 5.86. The quantitative estimate of drug-likeness (QED) is 0.629. The molecule has 0 fully saturated rings. The van der Waals surface area contributed by atoms with E-state index in [1.165, 1.54) is 0 Å². The zero-order valence-electron chi connectivity index (χ0n) is 18.3. The predicted octanol–water partition coefficient (Wildman–Crippen LogP) is 4.07. The summed E-state index contributed by atoms with van der Waals surface area (Å²) < 4.78 is 16.9. The molecule has 1 amide bonds. The van der Waals surface area contributed by atoms with Crippen LogP contribution in [-0.2, 0) is 24.2 Å². The fraction of sp³-hybridized carbons (Fsp3) is 0.360. The van der Waals surface area contributed by atoms with E-state index in [0.29, 0.717) is 23.4 Å². The molecule has 1 N–H and O–H groups in total. The number of nitrogens with one attached hydrogen (secondary N) is 1. The third-order valence-electron chi connectivity index (χ3n) is 5.86. The molecule has 6 nitrogen and oxygen atoms in total. The molecule has 0 saturated carbocycles. The number of hydrogen-bond donors (Lipinski definition) is 1. The Morgan fingerprint density at radius 1 is 1.23 bits per heavy atom. The summed E-state index contributed by atoms with van der Waals surface area (Å²) in [6.45, 7) is 6.28. The van der Waals surface area contributed by atoms with E-state index >= 15 is 0 Å². The highest BCUT2D eigenvalue weighted by Gasteiger charge is 2.27. The Morgan fingerprint density at radius 2 is 2.00 bits per heavy atom. The lowest BCUT2D eigenvalue weighted by molar-refractivity contribution is -0.120. The third kappa shape index (κ3) is 4.29. The molecular formula is C25H27NO5. The lowest BCUT2D eigenvalue weighted by atomic mass is 9.92. The van der Waals surface area contributed by atoms with Crippen LogP contribution in [0.5, 0.6) is 11.5 Å². The van der Waals surface area contributed by atoms with Crippen molar-refractivity contribution in [1.29, 1.82) is 0 Å². The Morgan fingerprint density at radius 3 is 2.77 bits per heavy atom. The molecular weight excluding hydrogens is 394 g/mol. The maximum absolute atomic E-state index is 12.7. The summed E-state index contributed by atoms with van der Waals surface area (Å²) in [6, 6.07) is 11.3. The van der Waals surface area contributed by atoms with Gasteiger partial charge in [0.25, 0.3) is 0 Å². The van der Waals surface area contributed by atoms with E-state index < -0.39 is 5.63 Å². The number of hydrogen-bond acceptors (Lipinski definition) is 5. The first kappa shape index (κ1) is 21.0. The SMILES string of the molecule is COc1ccccc1CNC(=O)Cc1c(C)c2cc3c(cc2oc1=O)OC(C)(C)CC3. The molecule has 0 bridgehead atoms. The fourth-order valence-electron chi connectivity index (χ4n) is 4.01. The summed E-state index contributed by atoms with van der Waals surface area (Å²) in [7, 11) is 1.59. The highest BCUT2D eigenvalue weighted by atomic mass is 16.5. The van der Waals surface area contributed by atoms with Crippen molar-refractivity contribution >= 4 is 16.9 Å². The lowest BCUT2D eigenvalue weighted by Crippen LogP contribution is -2.32. The van der Waals surface area contributed by atoms with E-state index in [2.05, 4.69) is 5.32 Å². The van der Waals surface area contributed by atoms with Gasteiger partial charge in [0, 0.05) is 23.6 Å². The average molecular weight is 421 g/mol. The van der Waals surface area contributed by atoms with E-state index in [4.69, 9.17) is 13.9 Å². The van der Waals surface area contributed by atoms with Gasteiger partial charge < -0.3 is 19.2 Å². The molecule has 1 aromatic heterocycles. The molecule has 1 aliphatic rings. The van der Waals surface area contributed by atoms with Gasteiger partial charge in [0.05, 0.1) is 19.1 Å². The Bertz CT molecular complexity index is 1210. The summed E-state index contributed by atoms with van der Waals surface area (Å²) in [4.78, 5) is 25.2. The van der Waals surface area contributed by atoms with Gasteiger partial charge in [0.15, 0.2) is 0 Å². The molecule has 3 aromatic rings. The molecule has 0 spiro atoms. The number of rotatable bonds is 5. The van der Waals surface area contributed by atoms with Crippen molar-refractivity contribution in [1.82, 2.24) is 5.32 Å². The molecule has 0 saturated heterocycles. The topological polar surface area (TPSA) is 77.8 Å². The summed E-state index contributed by atoms with van der Waals surface area (Å²) in [5, 5.41) is 3.71. The van der Waals surface area contributed by atoms with Gasteiger partial charge in [-0.1, -0.05) is 18.2 Å². The molecule has 1 aliphatic heterocycles. The van der Waals surface area contributed by atoms with Gasteiger partial charge in [-0.3, -0.25) is 4.79 Å². The number of benzene rings is 2. The van der Waals surface area contributed by atoms with E-state index in [9.17, 15) is 9.59 Å². The number of carbonyl (C=O) groups is 1. The number of para-hydroxylation sites is 1. The first-order valence-corrected chi connectivity index (χ1v) is 10.4. The first-order chi connectivity index (χ1) is 14.8.